The molecule has 0 saturated heterocycles. The molecule has 50 heavy (non-hydrogen) atoms. The molecule has 0 saturated carbocycles. The highest BCUT2D eigenvalue weighted by Crippen LogP contribution is 2.13. The van der Waals surface area contributed by atoms with E-state index in [1.165, 1.54) is 44.9 Å². The first kappa shape index (κ1) is 47.2. The first-order valence-electron chi connectivity index (χ1n) is 19.1. The third-order valence-electron chi connectivity index (χ3n) is 7.70. The molecule has 0 fully saturated rings. The average molecular weight is 702 g/mol. The predicted molar refractivity (Wildman–Crippen MR) is 204 cm³/mol. The van der Waals surface area contributed by atoms with Crippen molar-refractivity contribution in [2.45, 2.75) is 135 Å². The number of rotatable bonds is 34. The van der Waals surface area contributed by atoms with Crippen LogP contribution in [0.25, 0.3) is 0 Å². The van der Waals surface area contributed by atoms with Gasteiger partial charge in [0.15, 0.2) is 6.29 Å². The van der Waals surface area contributed by atoms with Gasteiger partial charge in [0.25, 0.3) is 0 Å². The summed E-state index contributed by atoms with van der Waals surface area (Å²) in [6, 6.07) is 0. The maximum Gasteiger partial charge on any atom is 0.305 e. The first-order valence-corrected chi connectivity index (χ1v) is 19.1. The van der Waals surface area contributed by atoms with Gasteiger partial charge >= 0.3 is 5.97 Å². The quantitative estimate of drug-likeness (QED) is 0.0238. The van der Waals surface area contributed by atoms with Crippen LogP contribution >= 0.6 is 0 Å². The number of likely N-dealkylation sites (N-methyl/N-ethyl adjacent to an activating group) is 1. The van der Waals surface area contributed by atoms with Crippen molar-refractivity contribution in [3.63, 3.8) is 0 Å². The van der Waals surface area contributed by atoms with Crippen LogP contribution in [0.5, 0.6) is 0 Å². The maximum atomic E-state index is 12.0. The highest BCUT2D eigenvalue weighted by Gasteiger charge is 2.17. The van der Waals surface area contributed by atoms with Crippen LogP contribution in [0.2, 0.25) is 0 Å². The number of unbranched alkanes of at least 4 members (excludes halogenated alkanes) is 10. The minimum absolute atomic E-state index is 0.166. The van der Waals surface area contributed by atoms with Crippen molar-refractivity contribution in [2.24, 2.45) is 0 Å². The van der Waals surface area contributed by atoms with Crippen molar-refractivity contribution in [1.82, 2.24) is 0 Å². The van der Waals surface area contributed by atoms with E-state index in [4.69, 9.17) is 14.2 Å². The number of aliphatic carboxylic acids is 1. The minimum Gasteiger partial charge on any atom is -0.545 e. The number of ether oxygens (including phenoxy) is 3. The van der Waals surface area contributed by atoms with Crippen LogP contribution in [0.4, 0.5) is 0 Å². The van der Waals surface area contributed by atoms with Gasteiger partial charge in [0.1, 0.15) is 19.3 Å². The molecule has 0 rings (SSSR count). The van der Waals surface area contributed by atoms with Gasteiger partial charge in [-0.2, -0.15) is 0 Å². The van der Waals surface area contributed by atoms with Gasteiger partial charge in [0.2, 0.25) is 0 Å². The number of carboxylic acids is 1. The molecule has 1 N–H and O–H groups in total. The summed E-state index contributed by atoms with van der Waals surface area (Å²) < 4.78 is 16.0. The summed E-state index contributed by atoms with van der Waals surface area (Å²) in [6.45, 7) is 2.32. The number of esters is 1. The second-order valence-electron chi connectivity index (χ2n) is 13.7. The number of quaternary nitrogens is 1. The lowest BCUT2D eigenvalue weighted by atomic mass is 10.1. The van der Waals surface area contributed by atoms with Crippen LogP contribution < -0.4 is 5.11 Å². The average Bonchev–Trinajstić information content (AvgIpc) is 3.07. The Morgan fingerprint density at radius 3 is 1.52 bits per heavy atom. The number of hydrogen-bond donors (Lipinski definition) is 1. The standard InChI is InChI=1S/C42H71NO7/c1-5-6-7-8-9-10-11-12-13-14-15-16-17-18-19-20-21-22-23-24-25-26-27-28-29-30-31-32-33-34-40(45)49-37-39(44)38-50-42(41(46)47)48-36-35-43(2,3)4/h6-7,9-10,12-13,15-16,18-19,21-22,39,42,44H,5,8,11,14,17,20,23-38H2,1-4H3/b7-6-,10-9-,13-12-,16-15-,19-18-,22-21-. The number of hydrogen-bond acceptors (Lipinski definition) is 7. The molecule has 0 spiro atoms. The predicted octanol–water partition coefficient (Wildman–Crippen LogP) is 8.08. The lowest BCUT2D eigenvalue weighted by molar-refractivity contribution is -0.870. The molecular formula is C42H71NO7. The van der Waals surface area contributed by atoms with Crippen molar-refractivity contribution in [2.75, 3.05) is 47.5 Å². The largest absolute Gasteiger partial charge is 0.545 e. The Hall–Kier alpha value is -2.78. The molecule has 0 aromatic heterocycles. The lowest BCUT2D eigenvalue weighted by Gasteiger charge is -2.26. The van der Waals surface area contributed by atoms with E-state index in [9.17, 15) is 19.8 Å². The molecule has 286 valence electrons. The number of nitrogens with zero attached hydrogens (tertiary/aromatic N) is 1. The first-order chi connectivity index (χ1) is 24.2. The van der Waals surface area contributed by atoms with Crippen LogP contribution in [0.15, 0.2) is 72.9 Å². The van der Waals surface area contributed by atoms with Crippen molar-refractivity contribution in [3.05, 3.63) is 72.9 Å². The van der Waals surface area contributed by atoms with E-state index in [2.05, 4.69) is 79.8 Å². The summed E-state index contributed by atoms with van der Waals surface area (Å²) in [5, 5.41) is 21.2. The van der Waals surface area contributed by atoms with Crippen LogP contribution in [-0.4, -0.2) is 81.4 Å². The van der Waals surface area contributed by atoms with Crippen LogP contribution in [0.3, 0.4) is 0 Å². The summed E-state index contributed by atoms with van der Waals surface area (Å²) in [5.41, 5.74) is 0. The fourth-order valence-electron chi connectivity index (χ4n) is 4.71. The van der Waals surface area contributed by atoms with E-state index in [1.807, 2.05) is 21.1 Å². The Balaban J connectivity index is 3.57. The zero-order valence-electron chi connectivity index (χ0n) is 32.0. The zero-order valence-corrected chi connectivity index (χ0v) is 32.0. The van der Waals surface area contributed by atoms with Crippen LogP contribution in [-0.2, 0) is 23.8 Å². The monoisotopic (exact) mass is 702 g/mol. The summed E-state index contributed by atoms with van der Waals surface area (Å²) in [5.74, 6) is -1.88. The fraction of sp³-hybridized carbons (Fsp3) is 0.667. The fourth-order valence-corrected chi connectivity index (χ4v) is 4.71. The van der Waals surface area contributed by atoms with Crippen LogP contribution in [0.1, 0.15) is 122 Å². The van der Waals surface area contributed by atoms with E-state index in [0.717, 1.165) is 64.2 Å². The third kappa shape index (κ3) is 36.5. The lowest BCUT2D eigenvalue weighted by Crippen LogP contribution is -2.44. The van der Waals surface area contributed by atoms with E-state index >= 15 is 0 Å². The minimum atomic E-state index is -1.58. The maximum absolute atomic E-state index is 12.0. The van der Waals surface area contributed by atoms with Gasteiger partial charge in [-0.15, -0.1) is 0 Å². The molecule has 0 aliphatic carbocycles. The van der Waals surface area contributed by atoms with Crippen molar-refractivity contribution in [3.8, 4) is 0 Å². The van der Waals surface area contributed by atoms with E-state index in [1.54, 1.807) is 0 Å². The van der Waals surface area contributed by atoms with Gasteiger partial charge in [-0.05, 0) is 57.8 Å². The summed E-state index contributed by atoms with van der Waals surface area (Å²) in [4.78, 5) is 23.1. The number of carbonyl (C=O) groups is 2. The molecular weight excluding hydrogens is 630 g/mol. The number of carbonyl (C=O) groups excluding carboxylic acids is 2. The number of aliphatic hydroxyl groups excluding tert-OH is 1. The molecule has 0 aliphatic rings. The molecule has 2 atom stereocenters. The topological polar surface area (TPSA) is 105 Å². The summed E-state index contributed by atoms with van der Waals surface area (Å²) in [7, 11) is 5.86. The molecule has 0 aromatic carbocycles. The molecule has 0 amide bonds. The molecule has 0 aromatic rings. The number of allylic oxidation sites excluding steroid dienone is 12. The molecule has 0 aliphatic heterocycles. The molecule has 0 radical (unpaired) electrons. The number of carboxylic acid groups (broad SMARTS) is 1. The Morgan fingerprint density at radius 2 is 1.06 bits per heavy atom. The van der Waals surface area contributed by atoms with Gasteiger partial charge in [0, 0.05) is 6.42 Å². The van der Waals surface area contributed by atoms with Gasteiger partial charge in [0.05, 0.1) is 40.3 Å². The van der Waals surface area contributed by atoms with Gasteiger partial charge in [-0.25, -0.2) is 0 Å². The van der Waals surface area contributed by atoms with E-state index in [-0.39, 0.29) is 25.8 Å². The smallest absolute Gasteiger partial charge is 0.305 e. The Morgan fingerprint density at radius 1 is 0.620 bits per heavy atom. The van der Waals surface area contributed by atoms with Gasteiger partial charge < -0.3 is 33.7 Å². The SMILES string of the molecule is CC/C=C\C/C=C\C/C=C\C/C=C\C/C=C\C/C=C\CCCCCCCCCCCCC(=O)OCC(O)COC(OCC[N+](C)(C)C)C(=O)[O-]. The normalized spacial score (nSPS) is 14.0. The van der Waals surface area contributed by atoms with E-state index < -0.39 is 18.4 Å². The Kier molecular flexibility index (Phi) is 32.7. The van der Waals surface area contributed by atoms with Crippen molar-refractivity contribution >= 4 is 11.9 Å². The molecule has 0 heterocycles. The second kappa shape index (κ2) is 34.7. The highest BCUT2D eigenvalue weighted by atomic mass is 16.7. The van der Waals surface area contributed by atoms with Crippen molar-refractivity contribution in [1.29, 1.82) is 0 Å². The Labute approximate surface area is 305 Å². The van der Waals surface area contributed by atoms with Gasteiger partial charge in [-0.3, -0.25) is 4.79 Å². The summed E-state index contributed by atoms with van der Waals surface area (Å²) in [6.07, 6.45) is 43.4. The molecule has 8 nitrogen and oxygen atoms in total. The summed E-state index contributed by atoms with van der Waals surface area (Å²) >= 11 is 0. The molecule has 8 heteroatoms. The van der Waals surface area contributed by atoms with Crippen molar-refractivity contribution < 1.29 is 38.5 Å². The molecule has 0 bridgehead atoms. The van der Waals surface area contributed by atoms with Gasteiger partial charge in [-0.1, -0.05) is 131 Å². The van der Waals surface area contributed by atoms with Crippen LogP contribution in [0, 0.1) is 0 Å². The number of aliphatic hydroxyl groups is 1. The third-order valence-corrected chi connectivity index (χ3v) is 7.70. The van der Waals surface area contributed by atoms with E-state index in [0.29, 0.717) is 17.4 Å². The Bertz CT molecular complexity index is 991. The second-order valence-corrected chi connectivity index (χ2v) is 13.7. The highest BCUT2D eigenvalue weighted by molar-refractivity contribution is 5.69. The zero-order chi connectivity index (χ0) is 37.0. The molecule has 2 unspecified atom stereocenters.